The standard InChI is InChI=1S/C21H24N6/c1-25(2)10-7-16-19(13-22)17(8-11-26(3)4)21(15-24)18(20(16)14-23)9-12-27(5)6/h7-12H,1-6H3. The van der Waals surface area contributed by atoms with Crippen LogP contribution in [-0.4, -0.2) is 57.0 Å². The predicted molar refractivity (Wildman–Crippen MR) is 109 cm³/mol. The third-order valence-corrected chi connectivity index (χ3v) is 3.57. The maximum Gasteiger partial charge on any atom is 0.100 e. The third kappa shape index (κ3) is 5.39. The van der Waals surface area contributed by atoms with Gasteiger partial charge in [-0.3, -0.25) is 0 Å². The van der Waals surface area contributed by atoms with Crippen LogP contribution in [-0.2, 0) is 0 Å². The Morgan fingerprint density at radius 1 is 0.519 bits per heavy atom. The number of hydrogen-bond acceptors (Lipinski definition) is 6. The molecule has 6 nitrogen and oxygen atoms in total. The van der Waals surface area contributed by atoms with Crippen molar-refractivity contribution in [3.8, 4) is 18.2 Å². The molecule has 0 unspecified atom stereocenters. The van der Waals surface area contributed by atoms with Gasteiger partial charge in [-0.1, -0.05) is 0 Å². The number of rotatable bonds is 6. The Morgan fingerprint density at radius 2 is 0.741 bits per heavy atom. The summed E-state index contributed by atoms with van der Waals surface area (Å²) in [6.45, 7) is 0. The molecule has 0 aromatic heterocycles. The van der Waals surface area contributed by atoms with Gasteiger partial charge < -0.3 is 14.7 Å². The van der Waals surface area contributed by atoms with Gasteiger partial charge in [0, 0.05) is 59.0 Å². The van der Waals surface area contributed by atoms with Gasteiger partial charge in [0.2, 0.25) is 0 Å². The summed E-state index contributed by atoms with van der Waals surface area (Å²) in [6.07, 6.45) is 10.5. The van der Waals surface area contributed by atoms with Gasteiger partial charge in [0.25, 0.3) is 0 Å². The highest BCUT2D eigenvalue weighted by Crippen LogP contribution is 2.31. The van der Waals surface area contributed by atoms with Crippen LogP contribution in [0.4, 0.5) is 0 Å². The summed E-state index contributed by atoms with van der Waals surface area (Å²) in [5.41, 5.74) is 2.43. The van der Waals surface area contributed by atoms with Crippen molar-refractivity contribution in [2.75, 3.05) is 42.3 Å². The molecule has 0 saturated heterocycles. The van der Waals surface area contributed by atoms with Crippen LogP contribution in [0.15, 0.2) is 18.6 Å². The second kappa shape index (κ2) is 9.70. The Kier molecular flexibility index (Phi) is 7.68. The molecule has 1 aromatic rings. The molecular formula is C21H24N6. The average Bonchev–Trinajstić information content (AvgIpc) is 2.61. The largest absolute Gasteiger partial charge is 0.383 e. The Balaban J connectivity index is 4.05. The van der Waals surface area contributed by atoms with Crippen LogP contribution < -0.4 is 0 Å². The molecule has 1 aromatic carbocycles. The zero-order valence-electron chi connectivity index (χ0n) is 16.6. The van der Waals surface area contributed by atoms with E-state index in [4.69, 9.17) is 0 Å². The van der Waals surface area contributed by atoms with Crippen molar-refractivity contribution in [3.63, 3.8) is 0 Å². The van der Waals surface area contributed by atoms with E-state index in [0.717, 1.165) is 0 Å². The summed E-state index contributed by atoms with van der Waals surface area (Å²) < 4.78 is 0. The summed E-state index contributed by atoms with van der Waals surface area (Å²) in [5, 5.41) is 29.4. The molecule has 0 N–H and O–H groups in total. The van der Waals surface area contributed by atoms with Crippen LogP contribution in [0.3, 0.4) is 0 Å². The fraction of sp³-hybridized carbons (Fsp3) is 0.286. The van der Waals surface area contributed by atoms with Crippen LogP contribution in [0, 0.1) is 34.0 Å². The minimum Gasteiger partial charge on any atom is -0.383 e. The van der Waals surface area contributed by atoms with E-state index in [2.05, 4.69) is 18.2 Å². The molecule has 0 saturated carbocycles. The maximum atomic E-state index is 9.79. The van der Waals surface area contributed by atoms with Gasteiger partial charge in [-0.25, -0.2) is 0 Å². The lowest BCUT2D eigenvalue weighted by Crippen LogP contribution is -2.06. The summed E-state index contributed by atoms with van der Waals surface area (Å²) in [6, 6.07) is 6.53. The molecular weight excluding hydrogens is 336 g/mol. The molecule has 138 valence electrons. The van der Waals surface area contributed by atoms with Gasteiger partial charge in [0.15, 0.2) is 0 Å². The van der Waals surface area contributed by atoms with E-state index in [1.54, 1.807) is 36.8 Å². The third-order valence-electron chi connectivity index (χ3n) is 3.57. The number of benzene rings is 1. The van der Waals surface area contributed by atoms with Crippen molar-refractivity contribution in [2.24, 2.45) is 0 Å². The van der Waals surface area contributed by atoms with E-state index in [-0.39, 0.29) is 0 Å². The van der Waals surface area contributed by atoms with Crippen molar-refractivity contribution in [3.05, 3.63) is 52.0 Å². The van der Waals surface area contributed by atoms with Crippen LogP contribution in [0.5, 0.6) is 0 Å². The molecule has 0 fully saturated rings. The van der Waals surface area contributed by atoms with E-state index in [1.165, 1.54) is 0 Å². The number of nitriles is 3. The zero-order chi connectivity index (χ0) is 20.6. The Morgan fingerprint density at radius 3 is 0.889 bits per heavy atom. The highest BCUT2D eigenvalue weighted by atomic mass is 15.0. The summed E-state index contributed by atoms with van der Waals surface area (Å²) in [5.74, 6) is 0. The lowest BCUT2D eigenvalue weighted by atomic mass is 9.87. The van der Waals surface area contributed by atoms with Crippen molar-refractivity contribution >= 4 is 18.2 Å². The lowest BCUT2D eigenvalue weighted by molar-refractivity contribution is 0.567. The van der Waals surface area contributed by atoms with Crippen molar-refractivity contribution in [1.82, 2.24) is 14.7 Å². The zero-order valence-corrected chi connectivity index (χ0v) is 16.6. The SMILES string of the molecule is CN(C)C=Cc1c(C#N)c(C=CN(C)C)c(C#N)c(C=CN(C)C)c1C#N. The molecule has 0 aliphatic heterocycles. The van der Waals surface area contributed by atoms with Crippen LogP contribution >= 0.6 is 0 Å². The monoisotopic (exact) mass is 360 g/mol. The van der Waals surface area contributed by atoms with E-state index >= 15 is 0 Å². The minimum absolute atomic E-state index is 0.307. The lowest BCUT2D eigenvalue weighted by Gasteiger charge is -2.15. The summed E-state index contributed by atoms with van der Waals surface area (Å²) >= 11 is 0. The number of nitrogens with zero attached hydrogens (tertiary/aromatic N) is 6. The van der Waals surface area contributed by atoms with Gasteiger partial charge in [0.05, 0.1) is 16.7 Å². The molecule has 0 bridgehead atoms. The fourth-order valence-electron chi connectivity index (χ4n) is 2.34. The molecule has 0 amide bonds. The van der Waals surface area contributed by atoms with Crippen LogP contribution in [0.2, 0.25) is 0 Å². The average molecular weight is 360 g/mol. The van der Waals surface area contributed by atoms with Crippen molar-refractivity contribution in [2.45, 2.75) is 0 Å². The fourth-order valence-corrected chi connectivity index (χ4v) is 2.34. The maximum absolute atomic E-state index is 9.79. The van der Waals surface area contributed by atoms with Gasteiger partial charge in [0.1, 0.15) is 18.2 Å². The van der Waals surface area contributed by atoms with Crippen molar-refractivity contribution in [1.29, 1.82) is 15.8 Å². The first kappa shape index (κ1) is 21.4. The minimum atomic E-state index is 0.307. The Bertz CT molecular complexity index is 756. The van der Waals surface area contributed by atoms with Crippen molar-refractivity contribution < 1.29 is 0 Å². The quantitative estimate of drug-likeness (QED) is 0.776. The van der Waals surface area contributed by atoms with E-state index in [9.17, 15) is 15.8 Å². The van der Waals surface area contributed by atoms with E-state index in [1.807, 2.05) is 57.0 Å². The molecule has 0 radical (unpaired) electrons. The van der Waals surface area contributed by atoms with Crippen LogP contribution in [0.25, 0.3) is 18.2 Å². The Hall–Kier alpha value is -3.69. The molecule has 1 rings (SSSR count). The highest BCUT2D eigenvalue weighted by Gasteiger charge is 2.20. The topological polar surface area (TPSA) is 81.1 Å². The first-order valence-corrected chi connectivity index (χ1v) is 8.24. The molecule has 27 heavy (non-hydrogen) atoms. The van der Waals surface area contributed by atoms with E-state index < -0.39 is 0 Å². The molecule has 0 aliphatic carbocycles. The van der Waals surface area contributed by atoms with Gasteiger partial charge >= 0.3 is 0 Å². The van der Waals surface area contributed by atoms with Gasteiger partial charge in [-0.05, 0) is 36.8 Å². The second-order valence-electron chi connectivity index (χ2n) is 6.54. The molecule has 0 heterocycles. The molecule has 0 spiro atoms. The second-order valence-corrected chi connectivity index (χ2v) is 6.54. The summed E-state index contributed by atoms with van der Waals surface area (Å²) in [4.78, 5) is 5.47. The highest BCUT2D eigenvalue weighted by molar-refractivity contribution is 5.83. The normalized spacial score (nSPS) is 10.8. The predicted octanol–water partition coefficient (Wildman–Crippen LogP) is 2.90. The Labute approximate surface area is 161 Å². The molecule has 6 heteroatoms. The first-order chi connectivity index (χ1) is 12.8. The first-order valence-electron chi connectivity index (χ1n) is 8.24. The number of hydrogen-bond donors (Lipinski definition) is 0. The van der Waals surface area contributed by atoms with Crippen LogP contribution in [0.1, 0.15) is 33.4 Å². The smallest absolute Gasteiger partial charge is 0.100 e. The van der Waals surface area contributed by atoms with E-state index in [0.29, 0.717) is 33.4 Å². The van der Waals surface area contributed by atoms with Gasteiger partial charge in [-0.2, -0.15) is 15.8 Å². The summed E-state index contributed by atoms with van der Waals surface area (Å²) in [7, 11) is 11.2. The molecule has 0 aliphatic rings. The van der Waals surface area contributed by atoms with Gasteiger partial charge in [-0.15, -0.1) is 0 Å². The molecule has 0 atom stereocenters.